The van der Waals surface area contributed by atoms with E-state index in [4.69, 9.17) is 5.26 Å². The van der Waals surface area contributed by atoms with Gasteiger partial charge in [-0.2, -0.15) is 5.26 Å². The van der Waals surface area contributed by atoms with Gasteiger partial charge in [0.05, 0.1) is 23.1 Å². The zero-order valence-electron chi connectivity index (χ0n) is 14.9. The molecule has 1 aromatic heterocycles. The van der Waals surface area contributed by atoms with Crippen LogP contribution in [0.1, 0.15) is 18.4 Å². The number of nitrogens with zero attached hydrogens (tertiary/aromatic N) is 3. The molecule has 138 valence electrons. The quantitative estimate of drug-likeness (QED) is 0.809. The molecule has 7 heteroatoms. The minimum Gasteiger partial charge on any atom is -0.370 e. The van der Waals surface area contributed by atoms with Gasteiger partial charge in [0, 0.05) is 25.8 Å². The number of aromatic nitrogens is 1. The van der Waals surface area contributed by atoms with Crippen molar-refractivity contribution in [2.75, 3.05) is 29.9 Å². The second kappa shape index (κ2) is 8.81. The highest BCUT2D eigenvalue weighted by molar-refractivity contribution is 6.39. The van der Waals surface area contributed by atoms with Crippen LogP contribution in [0.3, 0.4) is 0 Å². The van der Waals surface area contributed by atoms with Gasteiger partial charge >= 0.3 is 11.8 Å². The topological polar surface area (TPSA) is 98.1 Å². The maximum Gasteiger partial charge on any atom is 0.313 e. The Hall–Kier alpha value is -3.40. The summed E-state index contributed by atoms with van der Waals surface area (Å²) < 4.78 is 0. The van der Waals surface area contributed by atoms with Crippen LogP contribution in [0.4, 0.5) is 11.4 Å². The van der Waals surface area contributed by atoms with Crippen molar-refractivity contribution in [1.82, 2.24) is 10.3 Å². The summed E-state index contributed by atoms with van der Waals surface area (Å²) in [5, 5.41) is 14.2. The van der Waals surface area contributed by atoms with Crippen LogP contribution in [-0.4, -0.2) is 36.4 Å². The van der Waals surface area contributed by atoms with Crippen LogP contribution in [-0.2, 0) is 9.59 Å². The summed E-state index contributed by atoms with van der Waals surface area (Å²) in [4.78, 5) is 30.5. The van der Waals surface area contributed by atoms with Crippen molar-refractivity contribution in [3.05, 3.63) is 54.4 Å². The number of hydrogen-bond acceptors (Lipinski definition) is 5. The minimum atomic E-state index is -0.759. The second-order valence-electron chi connectivity index (χ2n) is 6.46. The van der Waals surface area contributed by atoms with Gasteiger partial charge in [-0.05, 0) is 43.0 Å². The molecule has 0 saturated carbocycles. The fraction of sp³-hybridized carbons (Fsp3) is 0.300. The van der Waals surface area contributed by atoms with E-state index in [1.54, 1.807) is 30.5 Å². The number of hydrogen-bond donors (Lipinski definition) is 2. The molecule has 2 amide bonds. The van der Waals surface area contributed by atoms with Gasteiger partial charge in [0.15, 0.2) is 0 Å². The van der Waals surface area contributed by atoms with Crippen molar-refractivity contribution in [3.63, 3.8) is 0 Å². The standard InChI is InChI=1S/C20H21N5O2/c21-12-16-4-1-2-6-18(16)24-20(27)19(26)23-13-15-7-10-25(11-8-15)17-5-3-9-22-14-17/h1-6,9,14-15H,7-8,10-11,13H2,(H,23,26)(H,24,27). The number of amides is 2. The molecule has 2 N–H and O–H groups in total. The van der Waals surface area contributed by atoms with Gasteiger partial charge in [-0.3, -0.25) is 14.6 Å². The molecule has 2 aromatic rings. The summed E-state index contributed by atoms with van der Waals surface area (Å²) in [5.41, 5.74) is 1.77. The Kier molecular flexibility index (Phi) is 6.00. The van der Waals surface area contributed by atoms with Crippen LogP contribution in [0.2, 0.25) is 0 Å². The van der Waals surface area contributed by atoms with Crippen LogP contribution < -0.4 is 15.5 Å². The lowest BCUT2D eigenvalue weighted by molar-refractivity contribution is -0.136. The van der Waals surface area contributed by atoms with E-state index in [-0.39, 0.29) is 0 Å². The van der Waals surface area contributed by atoms with E-state index in [1.807, 2.05) is 24.4 Å². The third-order valence-corrected chi connectivity index (χ3v) is 4.68. The molecule has 2 heterocycles. The third-order valence-electron chi connectivity index (χ3n) is 4.68. The average Bonchev–Trinajstić information content (AvgIpc) is 2.73. The van der Waals surface area contributed by atoms with Crippen molar-refractivity contribution >= 4 is 23.2 Å². The van der Waals surface area contributed by atoms with Crippen molar-refractivity contribution in [2.24, 2.45) is 5.92 Å². The van der Waals surface area contributed by atoms with Crippen molar-refractivity contribution in [1.29, 1.82) is 5.26 Å². The molecule has 1 fully saturated rings. The van der Waals surface area contributed by atoms with Crippen molar-refractivity contribution < 1.29 is 9.59 Å². The summed E-state index contributed by atoms with van der Waals surface area (Å²) in [7, 11) is 0. The van der Waals surface area contributed by atoms with Crippen LogP contribution in [0.15, 0.2) is 48.8 Å². The van der Waals surface area contributed by atoms with E-state index in [9.17, 15) is 9.59 Å². The van der Waals surface area contributed by atoms with Crippen LogP contribution >= 0.6 is 0 Å². The van der Waals surface area contributed by atoms with Gasteiger partial charge in [0.1, 0.15) is 6.07 Å². The molecule has 3 rings (SSSR count). The van der Waals surface area contributed by atoms with E-state index in [2.05, 4.69) is 20.5 Å². The van der Waals surface area contributed by atoms with Crippen molar-refractivity contribution in [3.8, 4) is 6.07 Å². The molecule has 1 saturated heterocycles. The number of benzene rings is 1. The van der Waals surface area contributed by atoms with Gasteiger partial charge in [-0.15, -0.1) is 0 Å². The molecule has 0 aliphatic carbocycles. The summed E-state index contributed by atoms with van der Waals surface area (Å²) in [6.07, 6.45) is 5.49. The molecule has 1 aromatic carbocycles. The maximum atomic E-state index is 12.1. The predicted molar refractivity (Wildman–Crippen MR) is 102 cm³/mol. The number of nitrogens with one attached hydrogen (secondary N) is 2. The SMILES string of the molecule is N#Cc1ccccc1NC(=O)C(=O)NCC1CCN(c2cccnc2)CC1. The van der Waals surface area contributed by atoms with Gasteiger partial charge in [-0.25, -0.2) is 0 Å². The Balaban J connectivity index is 1.44. The minimum absolute atomic E-state index is 0.321. The zero-order chi connectivity index (χ0) is 19.1. The molecule has 0 unspecified atom stereocenters. The molecule has 1 aliphatic heterocycles. The average molecular weight is 363 g/mol. The Morgan fingerprint density at radius 2 is 1.93 bits per heavy atom. The smallest absolute Gasteiger partial charge is 0.313 e. The molecule has 0 bridgehead atoms. The molecular formula is C20H21N5O2. The highest BCUT2D eigenvalue weighted by Crippen LogP contribution is 2.22. The summed E-state index contributed by atoms with van der Waals surface area (Å²) in [5.74, 6) is -1.11. The highest BCUT2D eigenvalue weighted by Gasteiger charge is 2.22. The zero-order valence-corrected chi connectivity index (χ0v) is 14.9. The molecular weight excluding hydrogens is 342 g/mol. The monoisotopic (exact) mass is 363 g/mol. The first kappa shape index (κ1) is 18.4. The lowest BCUT2D eigenvalue weighted by Gasteiger charge is -2.33. The van der Waals surface area contributed by atoms with Crippen LogP contribution in [0, 0.1) is 17.2 Å². The first-order valence-electron chi connectivity index (χ1n) is 8.90. The Morgan fingerprint density at radius 3 is 2.63 bits per heavy atom. The second-order valence-corrected chi connectivity index (χ2v) is 6.46. The van der Waals surface area contributed by atoms with Gasteiger partial charge in [0.25, 0.3) is 0 Å². The van der Waals surface area contributed by atoms with E-state index in [1.165, 1.54) is 0 Å². The lowest BCUT2D eigenvalue weighted by Crippen LogP contribution is -2.41. The number of rotatable bonds is 4. The molecule has 0 spiro atoms. The van der Waals surface area contributed by atoms with Gasteiger partial charge in [-0.1, -0.05) is 12.1 Å². The normalized spacial score (nSPS) is 14.3. The fourth-order valence-corrected chi connectivity index (χ4v) is 3.12. The molecule has 7 nitrogen and oxygen atoms in total. The summed E-state index contributed by atoms with van der Waals surface area (Å²) >= 11 is 0. The summed E-state index contributed by atoms with van der Waals surface area (Å²) in [6.45, 7) is 2.26. The molecule has 27 heavy (non-hydrogen) atoms. The third kappa shape index (κ3) is 4.82. The number of nitriles is 1. The lowest BCUT2D eigenvalue weighted by atomic mass is 9.96. The van der Waals surface area contributed by atoms with E-state index < -0.39 is 11.8 Å². The van der Waals surface area contributed by atoms with Crippen molar-refractivity contribution in [2.45, 2.75) is 12.8 Å². The maximum absolute atomic E-state index is 12.1. The number of carbonyl (C=O) groups excluding carboxylic acids is 2. The fourth-order valence-electron chi connectivity index (χ4n) is 3.12. The summed E-state index contributed by atoms with van der Waals surface area (Å²) in [6, 6.07) is 12.5. The van der Waals surface area contributed by atoms with Crippen LogP contribution in [0.25, 0.3) is 0 Å². The largest absolute Gasteiger partial charge is 0.370 e. The predicted octanol–water partition coefficient (Wildman–Crippen LogP) is 1.92. The van der Waals surface area contributed by atoms with Gasteiger partial charge < -0.3 is 15.5 Å². The number of para-hydroxylation sites is 1. The Morgan fingerprint density at radius 1 is 1.15 bits per heavy atom. The van der Waals surface area contributed by atoms with E-state index >= 15 is 0 Å². The molecule has 1 aliphatic rings. The number of pyridine rings is 1. The Bertz CT molecular complexity index is 839. The number of piperidine rings is 1. The number of anilines is 2. The first-order chi connectivity index (χ1) is 13.2. The molecule has 0 radical (unpaired) electrons. The Labute approximate surface area is 158 Å². The van der Waals surface area contributed by atoms with E-state index in [0.29, 0.717) is 23.7 Å². The van der Waals surface area contributed by atoms with Crippen LogP contribution in [0.5, 0.6) is 0 Å². The highest BCUT2D eigenvalue weighted by atomic mass is 16.2. The number of carbonyl (C=O) groups is 2. The van der Waals surface area contributed by atoms with E-state index in [0.717, 1.165) is 31.6 Å². The first-order valence-corrected chi connectivity index (χ1v) is 8.90. The molecule has 0 atom stereocenters. The van der Waals surface area contributed by atoms with Gasteiger partial charge in [0.2, 0.25) is 0 Å².